The van der Waals surface area contributed by atoms with Gasteiger partial charge in [0.1, 0.15) is 5.03 Å². The molecular formula is C13H11F3N2S. The van der Waals surface area contributed by atoms with E-state index in [1.54, 1.807) is 0 Å². The van der Waals surface area contributed by atoms with Crippen molar-refractivity contribution in [2.45, 2.75) is 17.0 Å². The number of benzene rings is 1. The standard InChI is InChI=1S/C13H11F3N2S/c14-13(15,16)11-6-10(17)7-18-12(11)19-8-9-4-2-1-3-5-9/h1-7H,8,17H2. The molecule has 1 aromatic carbocycles. The lowest BCUT2D eigenvalue weighted by Gasteiger charge is -2.12. The van der Waals surface area contributed by atoms with E-state index in [4.69, 9.17) is 5.73 Å². The summed E-state index contributed by atoms with van der Waals surface area (Å²) < 4.78 is 38.5. The largest absolute Gasteiger partial charge is 0.419 e. The van der Waals surface area contributed by atoms with Gasteiger partial charge >= 0.3 is 6.18 Å². The minimum atomic E-state index is -4.44. The van der Waals surface area contributed by atoms with Crippen molar-refractivity contribution in [1.82, 2.24) is 4.98 Å². The first-order chi connectivity index (χ1) is 8.97. The van der Waals surface area contributed by atoms with Crippen LogP contribution < -0.4 is 5.73 Å². The predicted molar refractivity (Wildman–Crippen MR) is 69.7 cm³/mol. The van der Waals surface area contributed by atoms with E-state index in [0.29, 0.717) is 5.75 Å². The van der Waals surface area contributed by atoms with Crippen LogP contribution in [-0.4, -0.2) is 4.98 Å². The van der Waals surface area contributed by atoms with E-state index in [0.717, 1.165) is 23.4 Å². The summed E-state index contributed by atoms with van der Waals surface area (Å²) in [6.07, 6.45) is -3.20. The second-order valence-corrected chi connectivity index (χ2v) is 4.86. The zero-order chi connectivity index (χ0) is 13.9. The second kappa shape index (κ2) is 5.52. The molecule has 19 heavy (non-hydrogen) atoms. The Morgan fingerprint density at radius 1 is 1.16 bits per heavy atom. The van der Waals surface area contributed by atoms with E-state index in [2.05, 4.69) is 4.98 Å². The Morgan fingerprint density at radius 3 is 2.47 bits per heavy atom. The van der Waals surface area contributed by atoms with Crippen LogP contribution in [0.1, 0.15) is 11.1 Å². The van der Waals surface area contributed by atoms with Crippen molar-refractivity contribution < 1.29 is 13.2 Å². The topological polar surface area (TPSA) is 38.9 Å². The van der Waals surface area contributed by atoms with E-state index < -0.39 is 11.7 Å². The SMILES string of the molecule is Nc1cnc(SCc2ccccc2)c(C(F)(F)F)c1. The van der Waals surface area contributed by atoms with Gasteiger partial charge in [-0.15, -0.1) is 11.8 Å². The second-order valence-electron chi connectivity index (χ2n) is 3.89. The number of aromatic nitrogens is 1. The van der Waals surface area contributed by atoms with Gasteiger partial charge in [0.2, 0.25) is 0 Å². The summed E-state index contributed by atoms with van der Waals surface area (Å²) in [7, 11) is 0. The molecular weight excluding hydrogens is 273 g/mol. The van der Waals surface area contributed by atoms with Crippen LogP contribution in [0.25, 0.3) is 0 Å². The quantitative estimate of drug-likeness (QED) is 0.867. The molecule has 0 saturated carbocycles. The van der Waals surface area contributed by atoms with E-state index in [1.165, 1.54) is 6.20 Å². The Morgan fingerprint density at radius 2 is 1.84 bits per heavy atom. The number of nitrogens with zero attached hydrogens (tertiary/aromatic N) is 1. The summed E-state index contributed by atoms with van der Waals surface area (Å²) >= 11 is 1.05. The highest BCUT2D eigenvalue weighted by Gasteiger charge is 2.34. The maximum atomic E-state index is 12.8. The normalized spacial score (nSPS) is 11.5. The molecule has 0 aliphatic heterocycles. The zero-order valence-corrected chi connectivity index (χ0v) is 10.6. The number of rotatable bonds is 3. The number of hydrogen-bond donors (Lipinski definition) is 1. The number of nitrogen functional groups attached to an aromatic ring is 1. The highest BCUT2D eigenvalue weighted by atomic mass is 32.2. The third kappa shape index (κ3) is 3.64. The van der Waals surface area contributed by atoms with Crippen molar-refractivity contribution in [3.05, 3.63) is 53.7 Å². The maximum absolute atomic E-state index is 12.8. The Kier molecular flexibility index (Phi) is 3.99. The van der Waals surface area contributed by atoms with Gasteiger partial charge < -0.3 is 5.73 Å². The fourth-order valence-electron chi connectivity index (χ4n) is 1.51. The molecule has 2 N–H and O–H groups in total. The Labute approximate surface area is 112 Å². The molecule has 100 valence electrons. The van der Waals surface area contributed by atoms with Crippen LogP contribution >= 0.6 is 11.8 Å². The van der Waals surface area contributed by atoms with Gasteiger partial charge in [0.15, 0.2) is 0 Å². The Hall–Kier alpha value is -1.69. The third-order valence-corrected chi connectivity index (χ3v) is 3.47. The van der Waals surface area contributed by atoms with Gasteiger partial charge in [-0.2, -0.15) is 13.2 Å². The van der Waals surface area contributed by atoms with Gasteiger partial charge in [0.05, 0.1) is 17.4 Å². The minimum Gasteiger partial charge on any atom is -0.397 e. The lowest BCUT2D eigenvalue weighted by atomic mass is 10.2. The molecule has 6 heteroatoms. The third-order valence-electron chi connectivity index (χ3n) is 2.40. The number of anilines is 1. The Balaban J connectivity index is 2.21. The average molecular weight is 284 g/mol. The molecule has 0 spiro atoms. The summed E-state index contributed by atoms with van der Waals surface area (Å²) in [6.45, 7) is 0. The maximum Gasteiger partial charge on any atom is 0.419 e. The van der Waals surface area contributed by atoms with Crippen LogP contribution in [0, 0.1) is 0 Å². The molecule has 1 aromatic heterocycles. The number of pyridine rings is 1. The first-order valence-corrected chi connectivity index (χ1v) is 6.45. The molecule has 0 fully saturated rings. The zero-order valence-electron chi connectivity index (χ0n) is 9.82. The highest BCUT2D eigenvalue weighted by molar-refractivity contribution is 7.98. The molecule has 0 saturated heterocycles. The van der Waals surface area contributed by atoms with Crippen LogP contribution in [-0.2, 0) is 11.9 Å². The molecule has 0 aliphatic carbocycles. The fraction of sp³-hybridized carbons (Fsp3) is 0.154. The summed E-state index contributed by atoms with van der Waals surface area (Å²) in [5.74, 6) is 0.431. The van der Waals surface area contributed by atoms with Gasteiger partial charge in [-0.1, -0.05) is 30.3 Å². The summed E-state index contributed by atoms with van der Waals surface area (Å²) in [4.78, 5) is 3.78. The number of halogens is 3. The van der Waals surface area contributed by atoms with Crippen LogP contribution in [0.3, 0.4) is 0 Å². The van der Waals surface area contributed by atoms with Gasteiger partial charge in [0, 0.05) is 5.75 Å². The van der Waals surface area contributed by atoms with Gasteiger partial charge in [-0.25, -0.2) is 4.98 Å². The number of nitrogens with two attached hydrogens (primary N) is 1. The predicted octanol–water partition coefficient (Wildman–Crippen LogP) is 3.97. The summed E-state index contributed by atoms with van der Waals surface area (Å²) in [5.41, 5.74) is 5.53. The first-order valence-electron chi connectivity index (χ1n) is 5.46. The average Bonchev–Trinajstić information content (AvgIpc) is 2.37. The minimum absolute atomic E-state index is 0.0105. The number of thioether (sulfide) groups is 1. The van der Waals surface area contributed by atoms with Gasteiger partial charge in [0.25, 0.3) is 0 Å². The Bertz CT molecular complexity index is 556. The van der Waals surface area contributed by atoms with E-state index in [1.807, 2.05) is 30.3 Å². The molecule has 0 atom stereocenters. The highest BCUT2D eigenvalue weighted by Crippen LogP contribution is 2.37. The fourth-order valence-corrected chi connectivity index (χ4v) is 2.47. The van der Waals surface area contributed by atoms with Crippen LogP contribution in [0.15, 0.2) is 47.6 Å². The smallest absolute Gasteiger partial charge is 0.397 e. The van der Waals surface area contributed by atoms with Crippen molar-refractivity contribution in [1.29, 1.82) is 0 Å². The molecule has 2 aromatic rings. The van der Waals surface area contributed by atoms with Gasteiger partial charge in [-0.3, -0.25) is 0 Å². The number of hydrogen-bond acceptors (Lipinski definition) is 3. The van der Waals surface area contributed by atoms with Crippen molar-refractivity contribution in [3.63, 3.8) is 0 Å². The molecule has 1 heterocycles. The van der Waals surface area contributed by atoms with E-state index >= 15 is 0 Å². The van der Waals surface area contributed by atoms with Crippen LogP contribution in [0.4, 0.5) is 18.9 Å². The lowest BCUT2D eigenvalue weighted by Crippen LogP contribution is -2.09. The van der Waals surface area contributed by atoms with Crippen molar-refractivity contribution in [3.8, 4) is 0 Å². The first kappa shape index (κ1) is 13.7. The summed E-state index contributed by atoms with van der Waals surface area (Å²) in [5, 5.41) is -0.0504. The summed E-state index contributed by atoms with van der Waals surface area (Å²) in [6, 6.07) is 10.2. The van der Waals surface area contributed by atoms with Crippen molar-refractivity contribution >= 4 is 17.4 Å². The molecule has 0 radical (unpaired) electrons. The van der Waals surface area contributed by atoms with Crippen LogP contribution in [0.5, 0.6) is 0 Å². The van der Waals surface area contributed by atoms with Crippen molar-refractivity contribution in [2.24, 2.45) is 0 Å². The van der Waals surface area contributed by atoms with Crippen LogP contribution in [0.2, 0.25) is 0 Å². The molecule has 0 amide bonds. The van der Waals surface area contributed by atoms with E-state index in [-0.39, 0.29) is 10.7 Å². The number of alkyl halides is 3. The molecule has 0 bridgehead atoms. The monoisotopic (exact) mass is 284 g/mol. The molecule has 0 unspecified atom stereocenters. The van der Waals surface area contributed by atoms with E-state index in [9.17, 15) is 13.2 Å². The van der Waals surface area contributed by atoms with Gasteiger partial charge in [-0.05, 0) is 11.6 Å². The molecule has 0 aliphatic rings. The lowest BCUT2D eigenvalue weighted by molar-refractivity contribution is -0.140. The molecule has 2 rings (SSSR count). The van der Waals surface area contributed by atoms with Crippen molar-refractivity contribution in [2.75, 3.05) is 5.73 Å². The molecule has 2 nitrogen and oxygen atoms in total.